The zero-order chi connectivity index (χ0) is 21.3. The normalized spacial score (nSPS) is 12.9. The minimum absolute atomic E-state index is 0.213. The highest BCUT2D eigenvalue weighted by Gasteiger charge is 2.27. The maximum absolute atomic E-state index is 13.0. The third kappa shape index (κ3) is 4.20. The van der Waals surface area contributed by atoms with Crippen LogP contribution in [0.2, 0.25) is 0 Å². The SMILES string of the molecule is CCn1c(C(C)NS(=O)(=O)c2c(C)nn(C)c2C)cnc1Oc1ccc(C)cc1. The van der Waals surface area contributed by atoms with E-state index in [9.17, 15) is 8.42 Å². The zero-order valence-electron chi connectivity index (χ0n) is 17.6. The van der Waals surface area contributed by atoms with Crippen molar-refractivity contribution >= 4 is 10.0 Å². The average molecular weight is 418 g/mol. The number of aromatic nitrogens is 4. The molecule has 0 radical (unpaired) electrons. The molecule has 1 atom stereocenters. The lowest BCUT2D eigenvalue weighted by molar-refractivity contribution is 0.408. The Morgan fingerprint density at radius 2 is 1.83 bits per heavy atom. The number of aryl methyl sites for hydroxylation is 3. The molecule has 3 rings (SSSR count). The van der Waals surface area contributed by atoms with E-state index in [4.69, 9.17) is 4.74 Å². The lowest BCUT2D eigenvalue weighted by atomic mass is 10.2. The van der Waals surface area contributed by atoms with Crippen LogP contribution in [0, 0.1) is 20.8 Å². The summed E-state index contributed by atoms with van der Waals surface area (Å²) in [6.45, 7) is 9.78. The summed E-state index contributed by atoms with van der Waals surface area (Å²) in [6, 6.07) is 7.61. The van der Waals surface area contributed by atoms with E-state index in [2.05, 4.69) is 14.8 Å². The first-order valence-corrected chi connectivity index (χ1v) is 10.9. The van der Waals surface area contributed by atoms with Crippen molar-refractivity contribution in [3.63, 3.8) is 0 Å². The summed E-state index contributed by atoms with van der Waals surface area (Å²) >= 11 is 0. The van der Waals surface area contributed by atoms with Crippen LogP contribution in [-0.4, -0.2) is 27.7 Å². The Morgan fingerprint density at radius 1 is 1.17 bits per heavy atom. The summed E-state index contributed by atoms with van der Waals surface area (Å²) in [4.78, 5) is 4.57. The van der Waals surface area contributed by atoms with Gasteiger partial charge in [-0.05, 0) is 46.8 Å². The van der Waals surface area contributed by atoms with Crippen molar-refractivity contribution in [1.29, 1.82) is 0 Å². The number of imidazole rings is 1. The number of nitrogens with one attached hydrogen (secondary N) is 1. The molecule has 1 unspecified atom stereocenters. The van der Waals surface area contributed by atoms with E-state index in [-0.39, 0.29) is 4.90 Å². The van der Waals surface area contributed by atoms with Crippen LogP contribution >= 0.6 is 0 Å². The second-order valence-corrected chi connectivity index (χ2v) is 8.74. The quantitative estimate of drug-likeness (QED) is 0.636. The Hall–Kier alpha value is -2.65. The molecule has 3 aromatic rings. The highest BCUT2D eigenvalue weighted by molar-refractivity contribution is 7.89. The largest absolute Gasteiger partial charge is 0.426 e. The van der Waals surface area contributed by atoms with Gasteiger partial charge in [-0.1, -0.05) is 17.7 Å². The number of rotatable bonds is 7. The van der Waals surface area contributed by atoms with Crippen molar-refractivity contribution < 1.29 is 13.2 Å². The van der Waals surface area contributed by atoms with Gasteiger partial charge in [0.25, 0.3) is 0 Å². The van der Waals surface area contributed by atoms with Crippen molar-refractivity contribution in [2.24, 2.45) is 7.05 Å². The average Bonchev–Trinajstić information content (AvgIpc) is 3.16. The van der Waals surface area contributed by atoms with Crippen LogP contribution in [0.4, 0.5) is 0 Å². The van der Waals surface area contributed by atoms with Crippen LogP contribution in [-0.2, 0) is 23.6 Å². The van der Waals surface area contributed by atoms with Crippen LogP contribution < -0.4 is 9.46 Å². The van der Waals surface area contributed by atoms with Gasteiger partial charge in [0.2, 0.25) is 10.0 Å². The highest BCUT2D eigenvalue weighted by Crippen LogP contribution is 2.27. The summed E-state index contributed by atoms with van der Waals surface area (Å²) in [5, 5.41) is 4.21. The fraction of sp³-hybridized carbons (Fsp3) is 0.400. The lowest BCUT2D eigenvalue weighted by Crippen LogP contribution is -2.29. The van der Waals surface area contributed by atoms with Crippen LogP contribution in [0.15, 0.2) is 35.4 Å². The molecule has 0 saturated carbocycles. The van der Waals surface area contributed by atoms with E-state index in [0.29, 0.717) is 29.7 Å². The number of nitrogens with zero attached hydrogens (tertiary/aromatic N) is 4. The minimum atomic E-state index is -3.74. The number of hydrogen-bond acceptors (Lipinski definition) is 5. The van der Waals surface area contributed by atoms with Gasteiger partial charge in [-0.25, -0.2) is 18.1 Å². The summed E-state index contributed by atoms with van der Waals surface area (Å²) in [6.07, 6.45) is 1.64. The Labute approximate surface area is 171 Å². The van der Waals surface area contributed by atoms with Crippen molar-refractivity contribution in [3.8, 4) is 11.8 Å². The zero-order valence-corrected chi connectivity index (χ0v) is 18.4. The molecule has 2 heterocycles. The smallest absolute Gasteiger partial charge is 0.302 e. The molecule has 29 heavy (non-hydrogen) atoms. The molecule has 0 spiro atoms. The molecule has 9 heteroatoms. The molecule has 0 saturated heterocycles. The molecule has 2 aromatic heterocycles. The predicted molar refractivity (Wildman–Crippen MR) is 111 cm³/mol. The summed E-state index contributed by atoms with van der Waals surface area (Å²) in [5.74, 6) is 0.678. The molecule has 0 bridgehead atoms. The number of sulfonamides is 1. The predicted octanol–water partition coefficient (Wildman–Crippen LogP) is 3.39. The number of ether oxygens (including phenoxy) is 1. The van der Waals surface area contributed by atoms with E-state index in [1.54, 1.807) is 38.7 Å². The minimum Gasteiger partial charge on any atom is -0.426 e. The molecule has 156 valence electrons. The van der Waals surface area contributed by atoms with Gasteiger partial charge in [0.1, 0.15) is 10.6 Å². The molecule has 1 aromatic carbocycles. The molecule has 1 N–H and O–H groups in total. The maximum Gasteiger partial charge on any atom is 0.302 e. The van der Waals surface area contributed by atoms with E-state index in [1.165, 1.54) is 0 Å². The van der Waals surface area contributed by atoms with Gasteiger partial charge in [0.05, 0.1) is 29.3 Å². The summed E-state index contributed by atoms with van der Waals surface area (Å²) in [5.41, 5.74) is 2.92. The maximum atomic E-state index is 13.0. The molecule has 0 aliphatic carbocycles. The molecule has 0 amide bonds. The standard InChI is InChI=1S/C20H27N5O3S/c1-7-25-18(12-21-20(25)28-17-10-8-13(2)9-11-17)14(3)23-29(26,27)19-15(4)22-24(6)16(19)5/h8-12,14,23H,7H2,1-6H3. The van der Waals surface area contributed by atoms with E-state index >= 15 is 0 Å². The van der Waals surface area contributed by atoms with Crippen LogP contribution in [0.3, 0.4) is 0 Å². The van der Waals surface area contributed by atoms with Crippen LogP contribution in [0.25, 0.3) is 0 Å². The monoisotopic (exact) mass is 417 g/mol. The van der Waals surface area contributed by atoms with E-state index in [0.717, 1.165) is 11.3 Å². The summed E-state index contributed by atoms with van der Waals surface area (Å²) in [7, 11) is -2.02. The molecule has 0 fully saturated rings. The molecule has 8 nitrogen and oxygen atoms in total. The first-order valence-electron chi connectivity index (χ1n) is 9.46. The van der Waals surface area contributed by atoms with E-state index < -0.39 is 16.1 Å². The third-order valence-electron chi connectivity index (χ3n) is 4.88. The summed E-state index contributed by atoms with van der Waals surface area (Å²) < 4.78 is 38.0. The molecule has 0 aliphatic rings. The second kappa shape index (κ2) is 8.00. The highest BCUT2D eigenvalue weighted by atomic mass is 32.2. The van der Waals surface area contributed by atoms with Crippen LogP contribution in [0.5, 0.6) is 11.8 Å². The van der Waals surface area contributed by atoms with Gasteiger partial charge in [0, 0.05) is 13.6 Å². The number of benzene rings is 1. The van der Waals surface area contributed by atoms with Gasteiger partial charge < -0.3 is 4.74 Å². The van der Waals surface area contributed by atoms with Gasteiger partial charge in [-0.15, -0.1) is 0 Å². The fourth-order valence-corrected chi connectivity index (χ4v) is 4.98. The Kier molecular flexibility index (Phi) is 5.81. The molecular formula is C20H27N5O3S. The topological polar surface area (TPSA) is 91.0 Å². The fourth-order valence-electron chi connectivity index (χ4n) is 3.32. The van der Waals surface area contributed by atoms with Crippen LogP contribution in [0.1, 0.15) is 42.5 Å². The Morgan fingerprint density at radius 3 is 2.38 bits per heavy atom. The van der Waals surface area contributed by atoms with Gasteiger partial charge in [-0.2, -0.15) is 5.10 Å². The van der Waals surface area contributed by atoms with Gasteiger partial charge in [0.15, 0.2) is 0 Å². The Bertz CT molecular complexity index is 1110. The molecular weight excluding hydrogens is 390 g/mol. The second-order valence-electron chi connectivity index (χ2n) is 7.09. The van der Waals surface area contributed by atoms with Crippen molar-refractivity contribution in [2.45, 2.75) is 52.1 Å². The third-order valence-corrected chi connectivity index (χ3v) is 6.68. The molecule has 0 aliphatic heterocycles. The number of hydrogen-bond donors (Lipinski definition) is 1. The van der Waals surface area contributed by atoms with Crippen molar-refractivity contribution in [2.75, 3.05) is 0 Å². The van der Waals surface area contributed by atoms with E-state index in [1.807, 2.05) is 42.7 Å². The first-order chi connectivity index (χ1) is 13.6. The van der Waals surface area contributed by atoms with Gasteiger partial charge >= 0.3 is 6.01 Å². The van der Waals surface area contributed by atoms with Crippen molar-refractivity contribution in [1.82, 2.24) is 24.1 Å². The van der Waals surface area contributed by atoms with Crippen molar-refractivity contribution in [3.05, 3.63) is 53.1 Å². The van der Waals surface area contributed by atoms with Gasteiger partial charge in [-0.3, -0.25) is 9.25 Å². The first kappa shape index (κ1) is 21.1. The lowest BCUT2D eigenvalue weighted by Gasteiger charge is -2.17. The Balaban J connectivity index is 1.86.